The minimum Gasteiger partial charge on any atom is -0.452 e. The maximum Gasteiger partial charge on any atom is 0.334 e. The summed E-state index contributed by atoms with van der Waals surface area (Å²) in [5, 5.41) is 36.0. The number of fused-ring (bicyclic) bond motifs is 4. The predicted octanol–water partition coefficient (Wildman–Crippen LogP) is 3.03. The van der Waals surface area contributed by atoms with Crippen LogP contribution in [0.3, 0.4) is 0 Å². The zero-order chi connectivity index (χ0) is 26.2. The van der Waals surface area contributed by atoms with E-state index in [2.05, 4.69) is 0 Å². The van der Waals surface area contributed by atoms with Crippen LogP contribution < -0.4 is 0 Å². The van der Waals surface area contributed by atoms with E-state index in [1.807, 2.05) is 20.8 Å². The number of esters is 1. The van der Waals surface area contributed by atoms with E-state index in [-0.39, 0.29) is 36.4 Å². The molecule has 2 aliphatic heterocycles. The van der Waals surface area contributed by atoms with E-state index in [0.717, 1.165) is 5.57 Å². The molecule has 6 aliphatic rings. The molecule has 0 aromatic carbocycles. The molecular formula is C28H37ClO7. The number of alkyl halides is 1. The van der Waals surface area contributed by atoms with Crippen LogP contribution in [0.1, 0.15) is 66.7 Å². The summed E-state index contributed by atoms with van der Waals surface area (Å²) in [6.45, 7) is 9.16. The maximum atomic E-state index is 13.5. The smallest absolute Gasteiger partial charge is 0.334 e. The Morgan fingerprint density at radius 1 is 1.08 bits per heavy atom. The lowest BCUT2D eigenvalue weighted by Crippen LogP contribution is -2.78. The minimum atomic E-state index is -1.78. The van der Waals surface area contributed by atoms with Crippen LogP contribution in [0, 0.1) is 34.5 Å². The molecule has 198 valence electrons. The first-order valence-corrected chi connectivity index (χ1v) is 13.7. The molecule has 6 rings (SSSR count). The van der Waals surface area contributed by atoms with Gasteiger partial charge in [-0.2, -0.15) is 0 Å². The molecule has 1 saturated heterocycles. The maximum absolute atomic E-state index is 13.5. The van der Waals surface area contributed by atoms with Crippen LogP contribution in [0.4, 0.5) is 0 Å². The monoisotopic (exact) mass is 520 g/mol. The van der Waals surface area contributed by atoms with Gasteiger partial charge in [0.15, 0.2) is 17.7 Å². The molecule has 3 unspecified atom stereocenters. The van der Waals surface area contributed by atoms with Crippen molar-refractivity contribution in [1.82, 2.24) is 0 Å². The SMILES string of the molecule is CC1=C(C)[C@H]([C@H]2O[C@@]3(O)CC4C(C[C@H](Cl)[C@]5(O)CC=CC(=O)[C@]45C)C4CC[C@@](O)([C@@H]2C)[C@]43C)OC1=O. The standard InChI is InChI=1S/C28H37ClO7/c1-13-14(2)23(31)35-21(13)22-15(3)26(32)10-8-17-16-11-19(29)27(33)9-6-7-20(30)24(27,4)18(16)12-28(34,36-22)25(17,26)5/h6-7,15-19,21-22,32-34H,8-12H2,1-5H3/t15-,16?,17?,18?,19+,21-,22+,24+,25+,26-,27-,28+/m1/s1. The Labute approximate surface area is 216 Å². The topological polar surface area (TPSA) is 113 Å². The summed E-state index contributed by atoms with van der Waals surface area (Å²) in [6, 6.07) is 0. The van der Waals surface area contributed by atoms with Gasteiger partial charge in [0, 0.05) is 17.9 Å². The molecule has 7 nitrogen and oxygen atoms in total. The Balaban J connectivity index is 1.48. The number of allylic oxidation sites excluding steroid dienone is 1. The zero-order valence-electron chi connectivity index (χ0n) is 21.6. The predicted molar refractivity (Wildman–Crippen MR) is 131 cm³/mol. The number of hydrogen-bond donors (Lipinski definition) is 3. The molecule has 4 fully saturated rings. The molecule has 0 aromatic heterocycles. The van der Waals surface area contributed by atoms with Gasteiger partial charge < -0.3 is 24.8 Å². The van der Waals surface area contributed by atoms with E-state index >= 15 is 0 Å². The van der Waals surface area contributed by atoms with Crippen LogP contribution >= 0.6 is 11.6 Å². The lowest BCUT2D eigenvalue weighted by Gasteiger charge is -2.69. The number of hydrogen-bond acceptors (Lipinski definition) is 7. The Morgan fingerprint density at radius 3 is 2.42 bits per heavy atom. The number of aliphatic hydroxyl groups is 3. The Hall–Kier alpha value is -1.25. The molecule has 4 aliphatic carbocycles. The molecule has 0 amide bonds. The molecule has 3 N–H and O–H groups in total. The molecule has 0 spiro atoms. The van der Waals surface area contributed by atoms with Crippen molar-refractivity contribution in [3.8, 4) is 0 Å². The third-order valence-corrected chi connectivity index (χ3v) is 12.6. The molecule has 2 heterocycles. The van der Waals surface area contributed by atoms with Gasteiger partial charge >= 0.3 is 5.97 Å². The quantitative estimate of drug-likeness (QED) is 0.360. The first-order valence-electron chi connectivity index (χ1n) is 13.3. The number of ketones is 1. The molecule has 0 radical (unpaired) electrons. The van der Waals surface area contributed by atoms with Crippen LogP contribution in [0.5, 0.6) is 0 Å². The first kappa shape index (κ1) is 25.1. The fourth-order valence-corrected chi connectivity index (χ4v) is 10.0. The van der Waals surface area contributed by atoms with Crippen molar-refractivity contribution in [2.45, 2.75) is 101 Å². The second kappa shape index (κ2) is 7.23. The van der Waals surface area contributed by atoms with Crippen molar-refractivity contribution in [2.75, 3.05) is 0 Å². The zero-order valence-corrected chi connectivity index (χ0v) is 22.3. The van der Waals surface area contributed by atoms with Crippen LogP contribution in [0.25, 0.3) is 0 Å². The van der Waals surface area contributed by atoms with Crippen molar-refractivity contribution in [1.29, 1.82) is 0 Å². The van der Waals surface area contributed by atoms with Gasteiger partial charge in [-0.3, -0.25) is 4.79 Å². The van der Waals surface area contributed by atoms with Crippen molar-refractivity contribution in [3.05, 3.63) is 23.3 Å². The molecule has 36 heavy (non-hydrogen) atoms. The number of cyclic esters (lactones) is 1. The minimum absolute atomic E-state index is 0.0620. The van der Waals surface area contributed by atoms with Gasteiger partial charge in [-0.1, -0.05) is 19.9 Å². The molecule has 3 saturated carbocycles. The third kappa shape index (κ3) is 2.51. The van der Waals surface area contributed by atoms with E-state index in [0.29, 0.717) is 24.8 Å². The molecule has 12 atom stereocenters. The van der Waals surface area contributed by atoms with E-state index in [1.165, 1.54) is 6.08 Å². The first-order chi connectivity index (χ1) is 16.7. The second-order valence-corrected chi connectivity index (χ2v) is 13.4. The number of halogens is 1. The summed E-state index contributed by atoms with van der Waals surface area (Å²) in [4.78, 5) is 25.8. The molecule has 0 bridgehead atoms. The van der Waals surface area contributed by atoms with Crippen LogP contribution in [0.2, 0.25) is 0 Å². The Kier molecular flexibility index (Phi) is 5.03. The fraction of sp³-hybridized carbons (Fsp3) is 0.786. The van der Waals surface area contributed by atoms with Gasteiger partial charge in [0.05, 0.1) is 27.4 Å². The van der Waals surface area contributed by atoms with Crippen molar-refractivity contribution in [2.24, 2.45) is 34.5 Å². The third-order valence-electron chi connectivity index (χ3n) is 12.1. The summed E-state index contributed by atoms with van der Waals surface area (Å²) in [5.74, 6) is -3.39. The van der Waals surface area contributed by atoms with Crippen molar-refractivity contribution < 1.29 is 34.4 Å². The van der Waals surface area contributed by atoms with Gasteiger partial charge in [0.1, 0.15) is 6.10 Å². The van der Waals surface area contributed by atoms with Crippen LogP contribution in [-0.4, -0.2) is 61.6 Å². The highest BCUT2D eigenvalue weighted by atomic mass is 35.5. The molecule has 0 aromatic rings. The average Bonchev–Trinajstić information content (AvgIpc) is 3.25. The van der Waals surface area contributed by atoms with E-state index in [4.69, 9.17) is 21.1 Å². The number of carbonyl (C=O) groups is 2. The number of carbonyl (C=O) groups excluding carboxylic acids is 2. The Bertz CT molecular complexity index is 1120. The van der Waals surface area contributed by atoms with Crippen molar-refractivity contribution >= 4 is 23.4 Å². The largest absolute Gasteiger partial charge is 0.452 e. The van der Waals surface area contributed by atoms with E-state index in [1.54, 1.807) is 19.9 Å². The lowest BCUT2D eigenvalue weighted by atomic mass is 9.41. The van der Waals surface area contributed by atoms with Gasteiger partial charge in [0.25, 0.3) is 0 Å². The van der Waals surface area contributed by atoms with E-state index < -0.39 is 57.3 Å². The fourth-order valence-electron chi connectivity index (χ4n) is 9.53. The average molecular weight is 521 g/mol. The summed E-state index contributed by atoms with van der Waals surface area (Å²) in [7, 11) is 0. The van der Waals surface area contributed by atoms with Gasteiger partial charge in [0.2, 0.25) is 0 Å². The van der Waals surface area contributed by atoms with Gasteiger partial charge in [-0.15, -0.1) is 11.6 Å². The highest BCUT2D eigenvalue weighted by molar-refractivity contribution is 6.22. The second-order valence-electron chi connectivity index (χ2n) is 12.8. The number of rotatable bonds is 1. The van der Waals surface area contributed by atoms with Crippen molar-refractivity contribution in [3.63, 3.8) is 0 Å². The van der Waals surface area contributed by atoms with Crippen LogP contribution in [0.15, 0.2) is 23.3 Å². The van der Waals surface area contributed by atoms with Gasteiger partial charge in [-0.25, -0.2) is 4.79 Å². The molecule has 8 heteroatoms. The highest BCUT2D eigenvalue weighted by Crippen LogP contribution is 2.74. The highest BCUT2D eigenvalue weighted by Gasteiger charge is 2.80. The normalized spacial score (nSPS) is 57.9. The van der Waals surface area contributed by atoms with Gasteiger partial charge in [-0.05, 0) is 75.9 Å². The summed E-state index contributed by atoms with van der Waals surface area (Å²) in [6.07, 6.45) is 3.75. The summed E-state index contributed by atoms with van der Waals surface area (Å²) >= 11 is 6.87. The summed E-state index contributed by atoms with van der Waals surface area (Å²) < 4.78 is 12.3. The summed E-state index contributed by atoms with van der Waals surface area (Å²) in [5.41, 5.74) is -3.64. The Morgan fingerprint density at radius 2 is 1.78 bits per heavy atom. The van der Waals surface area contributed by atoms with Crippen LogP contribution in [-0.2, 0) is 19.1 Å². The lowest BCUT2D eigenvalue weighted by molar-refractivity contribution is -0.417. The van der Waals surface area contributed by atoms with E-state index in [9.17, 15) is 24.9 Å². The number of ether oxygens (including phenoxy) is 2. The molecular weight excluding hydrogens is 484 g/mol.